The van der Waals surface area contributed by atoms with Crippen molar-refractivity contribution in [1.29, 1.82) is 0 Å². The smallest absolute Gasteiger partial charge is 0.306 e. The van der Waals surface area contributed by atoms with Crippen LogP contribution in [0.4, 0.5) is 5.69 Å². The molecule has 0 spiro atoms. The molecular formula is C14H17NO4. The Bertz CT molecular complexity index is 498. The third-order valence-corrected chi connectivity index (χ3v) is 3.11. The summed E-state index contributed by atoms with van der Waals surface area (Å²) in [5.41, 5.74) is 1.77. The molecule has 0 saturated heterocycles. The molecule has 1 heterocycles. The van der Waals surface area contributed by atoms with E-state index in [2.05, 4.69) is 5.32 Å². The Morgan fingerprint density at radius 1 is 1.47 bits per heavy atom. The standard InChI is InChI=1S/C14H17NO4/c1-9(14(17)18)7-13(16)15-11-4-5-12-10(8-11)3-2-6-19-12/h4-5,8-9H,2-3,6-7H2,1H3,(H,15,16)(H,17,18). The summed E-state index contributed by atoms with van der Waals surface area (Å²) < 4.78 is 5.49. The summed E-state index contributed by atoms with van der Waals surface area (Å²) in [7, 11) is 0. The first-order valence-electron chi connectivity index (χ1n) is 6.34. The number of aryl methyl sites for hydroxylation is 1. The van der Waals surface area contributed by atoms with Gasteiger partial charge in [-0.2, -0.15) is 0 Å². The zero-order chi connectivity index (χ0) is 13.8. The maximum absolute atomic E-state index is 11.7. The highest BCUT2D eigenvalue weighted by Gasteiger charge is 2.16. The SMILES string of the molecule is CC(CC(=O)Nc1ccc2c(c1)CCCO2)C(=O)O. The molecule has 1 aromatic carbocycles. The fourth-order valence-corrected chi connectivity index (χ4v) is 2.02. The van der Waals surface area contributed by atoms with Gasteiger partial charge in [0.25, 0.3) is 0 Å². The zero-order valence-corrected chi connectivity index (χ0v) is 10.8. The quantitative estimate of drug-likeness (QED) is 0.871. The number of anilines is 1. The van der Waals surface area contributed by atoms with Gasteiger partial charge in [-0.1, -0.05) is 6.92 Å². The van der Waals surface area contributed by atoms with Crippen LogP contribution in [0.1, 0.15) is 25.3 Å². The number of nitrogens with one attached hydrogen (secondary N) is 1. The molecule has 5 heteroatoms. The van der Waals surface area contributed by atoms with Crippen molar-refractivity contribution < 1.29 is 19.4 Å². The molecule has 0 saturated carbocycles. The van der Waals surface area contributed by atoms with Crippen molar-refractivity contribution in [3.05, 3.63) is 23.8 Å². The number of carboxylic acid groups (broad SMARTS) is 1. The number of benzene rings is 1. The Labute approximate surface area is 111 Å². The fraction of sp³-hybridized carbons (Fsp3) is 0.429. The van der Waals surface area contributed by atoms with Crippen LogP contribution in [-0.2, 0) is 16.0 Å². The van der Waals surface area contributed by atoms with Gasteiger partial charge in [0.15, 0.2) is 0 Å². The van der Waals surface area contributed by atoms with Gasteiger partial charge < -0.3 is 15.2 Å². The summed E-state index contributed by atoms with van der Waals surface area (Å²) in [5.74, 6) is -1.07. The van der Waals surface area contributed by atoms with Crippen LogP contribution >= 0.6 is 0 Å². The van der Waals surface area contributed by atoms with Gasteiger partial charge in [-0.15, -0.1) is 0 Å². The van der Waals surface area contributed by atoms with Crippen molar-refractivity contribution in [2.24, 2.45) is 5.92 Å². The molecule has 1 amide bonds. The van der Waals surface area contributed by atoms with Crippen molar-refractivity contribution in [1.82, 2.24) is 0 Å². The van der Waals surface area contributed by atoms with E-state index in [9.17, 15) is 9.59 Å². The van der Waals surface area contributed by atoms with Gasteiger partial charge in [0.1, 0.15) is 5.75 Å². The topological polar surface area (TPSA) is 75.6 Å². The highest BCUT2D eigenvalue weighted by Crippen LogP contribution is 2.27. The molecule has 2 rings (SSSR count). The van der Waals surface area contributed by atoms with Crippen LogP contribution in [0.3, 0.4) is 0 Å². The Balaban J connectivity index is 1.99. The third-order valence-electron chi connectivity index (χ3n) is 3.11. The fourth-order valence-electron chi connectivity index (χ4n) is 2.02. The van der Waals surface area contributed by atoms with E-state index in [-0.39, 0.29) is 12.3 Å². The minimum absolute atomic E-state index is 0.0249. The maximum Gasteiger partial charge on any atom is 0.306 e. The minimum Gasteiger partial charge on any atom is -0.493 e. The lowest BCUT2D eigenvalue weighted by Gasteiger charge is -2.18. The number of carbonyl (C=O) groups excluding carboxylic acids is 1. The lowest BCUT2D eigenvalue weighted by Crippen LogP contribution is -2.20. The third kappa shape index (κ3) is 3.47. The van der Waals surface area contributed by atoms with Crippen molar-refractivity contribution in [2.45, 2.75) is 26.2 Å². The second kappa shape index (κ2) is 5.73. The molecule has 5 nitrogen and oxygen atoms in total. The van der Waals surface area contributed by atoms with E-state index in [1.54, 1.807) is 6.07 Å². The van der Waals surface area contributed by atoms with Gasteiger partial charge in [0.2, 0.25) is 5.91 Å². The average Bonchev–Trinajstić information content (AvgIpc) is 2.38. The lowest BCUT2D eigenvalue weighted by atomic mass is 10.1. The molecule has 0 bridgehead atoms. The summed E-state index contributed by atoms with van der Waals surface area (Å²) in [4.78, 5) is 22.4. The number of aliphatic carboxylic acids is 1. The molecule has 0 fully saturated rings. The largest absolute Gasteiger partial charge is 0.493 e. The van der Waals surface area contributed by atoms with Gasteiger partial charge in [0.05, 0.1) is 12.5 Å². The molecule has 0 aliphatic carbocycles. The number of rotatable bonds is 4. The van der Waals surface area contributed by atoms with Gasteiger partial charge in [-0.3, -0.25) is 9.59 Å². The van der Waals surface area contributed by atoms with Crippen molar-refractivity contribution in [3.8, 4) is 5.75 Å². The second-order valence-electron chi connectivity index (χ2n) is 4.77. The van der Waals surface area contributed by atoms with Gasteiger partial charge >= 0.3 is 5.97 Å². The first-order chi connectivity index (χ1) is 9.06. The van der Waals surface area contributed by atoms with E-state index in [0.29, 0.717) is 5.69 Å². The minimum atomic E-state index is -0.964. The molecule has 1 aliphatic rings. The summed E-state index contributed by atoms with van der Waals surface area (Å²) in [6.07, 6.45) is 1.88. The molecule has 2 N–H and O–H groups in total. The van der Waals surface area contributed by atoms with Gasteiger partial charge in [-0.25, -0.2) is 0 Å². The number of fused-ring (bicyclic) bond motifs is 1. The number of carboxylic acids is 1. The maximum atomic E-state index is 11.7. The molecule has 1 atom stereocenters. The van der Waals surface area contributed by atoms with Gasteiger partial charge in [-0.05, 0) is 36.6 Å². The monoisotopic (exact) mass is 263 g/mol. The van der Waals surface area contributed by atoms with Crippen molar-refractivity contribution in [2.75, 3.05) is 11.9 Å². The molecular weight excluding hydrogens is 246 g/mol. The van der Waals surface area contributed by atoms with Crippen LogP contribution in [0, 0.1) is 5.92 Å². The van der Waals surface area contributed by atoms with E-state index in [4.69, 9.17) is 9.84 Å². The Hall–Kier alpha value is -2.04. The molecule has 1 aromatic rings. The predicted molar refractivity (Wildman–Crippen MR) is 70.3 cm³/mol. The number of carbonyl (C=O) groups is 2. The highest BCUT2D eigenvalue weighted by atomic mass is 16.5. The summed E-state index contributed by atoms with van der Waals surface area (Å²) >= 11 is 0. The van der Waals surface area contributed by atoms with E-state index < -0.39 is 11.9 Å². The van der Waals surface area contributed by atoms with Crippen molar-refractivity contribution in [3.63, 3.8) is 0 Å². The zero-order valence-electron chi connectivity index (χ0n) is 10.8. The summed E-state index contributed by atoms with van der Waals surface area (Å²) in [5, 5.41) is 11.5. The van der Waals surface area contributed by atoms with E-state index in [1.165, 1.54) is 6.92 Å². The molecule has 1 aliphatic heterocycles. The van der Waals surface area contributed by atoms with E-state index in [0.717, 1.165) is 30.8 Å². The molecule has 102 valence electrons. The highest BCUT2D eigenvalue weighted by molar-refractivity contribution is 5.93. The van der Waals surface area contributed by atoms with Crippen molar-refractivity contribution >= 4 is 17.6 Å². The summed E-state index contributed by atoms with van der Waals surface area (Å²) in [6.45, 7) is 2.25. The Kier molecular flexibility index (Phi) is 4.04. The van der Waals surface area contributed by atoms with Crippen LogP contribution in [-0.4, -0.2) is 23.6 Å². The Morgan fingerprint density at radius 2 is 2.26 bits per heavy atom. The predicted octanol–water partition coefficient (Wildman–Crippen LogP) is 2.06. The van der Waals surface area contributed by atoms with Crippen LogP contribution in [0.25, 0.3) is 0 Å². The van der Waals surface area contributed by atoms with E-state index >= 15 is 0 Å². The molecule has 1 unspecified atom stereocenters. The van der Waals surface area contributed by atoms with Crippen LogP contribution in [0.5, 0.6) is 5.75 Å². The molecule has 0 radical (unpaired) electrons. The molecule has 0 aromatic heterocycles. The summed E-state index contributed by atoms with van der Waals surface area (Å²) in [6, 6.07) is 5.50. The van der Waals surface area contributed by atoms with Crippen LogP contribution in [0.15, 0.2) is 18.2 Å². The van der Waals surface area contributed by atoms with Crippen LogP contribution < -0.4 is 10.1 Å². The normalized spacial score (nSPS) is 15.0. The second-order valence-corrected chi connectivity index (χ2v) is 4.77. The van der Waals surface area contributed by atoms with E-state index in [1.807, 2.05) is 12.1 Å². The Morgan fingerprint density at radius 3 is 3.00 bits per heavy atom. The number of ether oxygens (including phenoxy) is 1. The average molecular weight is 263 g/mol. The van der Waals surface area contributed by atoms with Crippen LogP contribution in [0.2, 0.25) is 0 Å². The number of hydrogen-bond acceptors (Lipinski definition) is 3. The number of amides is 1. The molecule has 19 heavy (non-hydrogen) atoms. The lowest BCUT2D eigenvalue weighted by molar-refractivity contribution is -0.142. The van der Waals surface area contributed by atoms with Gasteiger partial charge in [0, 0.05) is 12.1 Å². The number of hydrogen-bond donors (Lipinski definition) is 2. The first kappa shape index (κ1) is 13.4. The first-order valence-corrected chi connectivity index (χ1v) is 6.34.